The summed E-state index contributed by atoms with van der Waals surface area (Å²) in [6.07, 6.45) is 3.34. The lowest BCUT2D eigenvalue weighted by Gasteiger charge is -2.30. The van der Waals surface area contributed by atoms with E-state index in [1.807, 2.05) is 19.1 Å². The molecule has 118 valence electrons. The Morgan fingerprint density at radius 3 is 2.57 bits per heavy atom. The normalized spacial score (nSPS) is 22.0. The molecule has 0 amide bonds. The van der Waals surface area contributed by atoms with Crippen LogP contribution in [0.25, 0.3) is 0 Å². The van der Waals surface area contributed by atoms with E-state index in [-0.39, 0.29) is 0 Å². The Kier molecular flexibility index (Phi) is 5.37. The number of rotatable bonds is 2. The van der Waals surface area contributed by atoms with Gasteiger partial charge in [-0.1, -0.05) is 42.8 Å². The molecule has 2 rings (SSSR count). The molecule has 1 aromatic rings. The number of halogens is 1. The molecule has 2 atom stereocenters. The number of benzene rings is 1. The third-order valence-electron chi connectivity index (χ3n) is 4.74. The maximum atomic E-state index is 10.0. The molecule has 0 spiro atoms. The fraction of sp³-hybridized carbons (Fsp3) is 0.667. The van der Waals surface area contributed by atoms with Gasteiger partial charge in [0.15, 0.2) is 0 Å². The van der Waals surface area contributed by atoms with Crippen LogP contribution in [0.3, 0.4) is 0 Å². The molecule has 1 saturated heterocycles. The summed E-state index contributed by atoms with van der Waals surface area (Å²) in [7, 11) is 0. The molecule has 2 nitrogen and oxygen atoms in total. The molecule has 1 aliphatic heterocycles. The molecule has 0 bridgehead atoms. The molecular formula is C18H28BrNO. The van der Waals surface area contributed by atoms with Crippen molar-refractivity contribution in [3.63, 3.8) is 0 Å². The molecule has 1 aromatic carbocycles. The van der Waals surface area contributed by atoms with Crippen LogP contribution in [0.5, 0.6) is 0 Å². The molecule has 0 radical (unpaired) electrons. The molecule has 21 heavy (non-hydrogen) atoms. The van der Waals surface area contributed by atoms with Crippen molar-refractivity contribution in [1.29, 1.82) is 0 Å². The predicted octanol–water partition coefficient (Wildman–Crippen LogP) is 5.16. The summed E-state index contributed by atoms with van der Waals surface area (Å²) < 4.78 is 1.08. The fourth-order valence-corrected chi connectivity index (χ4v) is 3.70. The summed E-state index contributed by atoms with van der Waals surface area (Å²) >= 11 is 3.57. The standard InChI is InChI=1S/C18H28BrNO/c1-13(21)16-8-7-15(19)12-17(16)20-10-5-6-14(9-11-20)18(2,3)4/h7-8,12-14,21H,5-6,9-11H2,1-4H3. The van der Waals surface area contributed by atoms with Gasteiger partial charge in [-0.15, -0.1) is 0 Å². The van der Waals surface area contributed by atoms with Crippen LogP contribution in [-0.2, 0) is 0 Å². The third kappa shape index (κ3) is 4.23. The molecule has 3 heteroatoms. The van der Waals surface area contributed by atoms with Crippen molar-refractivity contribution in [2.24, 2.45) is 11.3 Å². The summed E-state index contributed by atoms with van der Waals surface area (Å²) in [5.74, 6) is 0.782. The number of hydrogen-bond acceptors (Lipinski definition) is 2. The second kappa shape index (κ2) is 6.70. The van der Waals surface area contributed by atoms with Crippen LogP contribution in [0.4, 0.5) is 5.69 Å². The van der Waals surface area contributed by atoms with E-state index in [1.165, 1.54) is 24.9 Å². The van der Waals surface area contributed by atoms with Crippen LogP contribution in [0.1, 0.15) is 58.6 Å². The van der Waals surface area contributed by atoms with Gasteiger partial charge in [-0.05, 0) is 49.7 Å². The first-order chi connectivity index (χ1) is 9.79. The molecule has 2 unspecified atom stereocenters. The Labute approximate surface area is 137 Å². The van der Waals surface area contributed by atoms with E-state index in [9.17, 15) is 5.11 Å². The highest BCUT2D eigenvalue weighted by Gasteiger charge is 2.27. The highest BCUT2D eigenvalue weighted by atomic mass is 79.9. The van der Waals surface area contributed by atoms with E-state index in [4.69, 9.17) is 0 Å². The van der Waals surface area contributed by atoms with Crippen molar-refractivity contribution in [1.82, 2.24) is 0 Å². The lowest BCUT2D eigenvalue weighted by molar-refractivity contribution is 0.199. The summed E-state index contributed by atoms with van der Waals surface area (Å²) in [4.78, 5) is 2.46. The quantitative estimate of drug-likeness (QED) is 0.793. The molecule has 1 aliphatic rings. The van der Waals surface area contributed by atoms with Crippen LogP contribution in [0.2, 0.25) is 0 Å². The van der Waals surface area contributed by atoms with Crippen LogP contribution in [0.15, 0.2) is 22.7 Å². The molecule has 1 heterocycles. The number of aliphatic hydroxyl groups is 1. The average Bonchev–Trinajstić information content (AvgIpc) is 2.63. The highest BCUT2D eigenvalue weighted by Crippen LogP contribution is 2.37. The molecule has 1 N–H and O–H groups in total. The van der Waals surface area contributed by atoms with Gasteiger partial charge in [0, 0.05) is 28.8 Å². The van der Waals surface area contributed by atoms with Crippen LogP contribution >= 0.6 is 15.9 Å². The van der Waals surface area contributed by atoms with E-state index >= 15 is 0 Å². The number of nitrogens with zero attached hydrogens (tertiary/aromatic N) is 1. The maximum Gasteiger partial charge on any atom is 0.0782 e. The van der Waals surface area contributed by atoms with Gasteiger partial charge < -0.3 is 10.0 Å². The van der Waals surface area contributed by atoms with Crippen molar-refractivity contribution >= 4 is 21.6 Å². The minimum absolute atomic E-state index is 0.389. The first-order valence-corrected chi connectivity index (χ1v) is 8.81. The topological polar surface area (TPSA) is 23.5 Å². The molecule has 0 saturated carbocycles. The highest BCUT2D eigenvalue weighted by molar-refractivity contribution is 9.10. The van der Waals surface area contributed by atoms with E-state index in [2.05, 4.69) is 47.7 Å². The number of hydrogen-bond donors (Lipinski definition) is 1. The number of aliphatic hydroxyl groups excluding tert-OH is 1. The fourth-order valence-electron chi connectivity index (χ4n) is 3.35. The first kappa shape index (κ1) is 16.8. The van der Waals surface area contributed by atoms with Crippen molar-refractivity contribution in [3.05, 3.63) is 28.2 Å². The lowest BCUT2D eigenvalue weighted by Crippen LogP contribution is -2.27. The second-order valence-corrected chi connectivity index (χ2v) is 8.28. The smallest absolute Gasteiger partial charge is 0.0782 e. The first-order valence-electron chi connectivity index (χ1n) is 8.01. The van der Waals surface area contributed by atoms with E-state index < -0.39 is 6.10 Å². The Balaban J connectivity index is 2.21. The molecule has 1 fully saturated rings. The van der Waals surface area contributed by atoms with Gasteiger partial charge in [-0.2, -0.15) is 0 Å². The van der Waals surface area contributed by atoms with Gasteiger partial charge in [-0.3, -0.25) is 0 Å². The maximum absolute atomic E-state index is 10.0. The van der Waals surface area contributed by atoms with Gasteiger partial charge in [0.25, 0.3) is 0 Å². The van der Waals surface area contributed by atoms with Crippen molar-refractivity contribution in [3.8, 4) is 0 Å². The predicted molar refractivity (Wildman–Crippen MR) is 93.8 cm³/mol. The van der Waals surface area contributed by atoms with Gasteiger partial charge in [0.05, 0.1) is 6.10 Å². The second-order valence-electron chi connectivity index (χ2n) is 7.36. The number of anilines is 1. The van der Waals surface area contributed by atoms with E-state index in [1.54, 1.807) is 0 Å². The van der Waals surface area contributed by atoms with E-state index in [0.29, 0.717) is 5.41 Å². The lowest BCUT2D eigenvalue weighted by atomic mass is 9.77. The van der Waals surface area contributed by atoms with Crippen molar-refractivity contribution in [2.75, 3.05) is 18.0 Å². The van der Waals surface area contributed by atoms with Crippen LogP contribution in [-0.4, -0.2) is 18.2 Å². The largest absolute Gasteiger partial charge is 0.389 e. The zero-order chi connectivity index (χ0) is 15.6. The summed E-state index contributed by atoms with van der Waals surface area (Å²) in [6, 6.07) is 6.21. The third-order valence-corrected chi connectivity index (χ3v) is 5.23. The van der Waals surface area contributed by atoms with Gasteiger partial charge in [0.2, 0.25) is 0 Å². The zero-order valence-corrected chi connectivity index (χ0v) is 15.3. The minimum Gasteiger partial charge on any atom is -0.389 e. The van der Waals surface area contributed by atoms with Crippen LogP contribution in [0, 0.1) is 11.3 Å². The minimum atomic E-state index is -0.422. The summed E-state index contributed by atoms with van der Waals surface area (Å²) in [5, 5.41) is 10.0. The molecular weight excluding hydrogens is 326 g/mol. The van der Waals surface area contributed by atoms with Crippen LogP contribution < -0.4 is 4.90 Å². The average molecular weight is 354 g/mol. The summed E-state index contributed by atoms with van der Waals surface area (Å²) in [5.41, 5.74) is 2.61. The van der Waals surface area contributed by atoms with Crippen molar-refractivity contribution < 1.29 is 5.11 Å². The van der Waals surface area contributed by atoms with Gasteiger partial charge >= 0.3 is 0 Å². The van der Waals surface area contributed by atoms with Gasteiger partial charge in [0.1, 0.15) is 0 Å². The SMILES string of the molecule is CC(O)c1ccc(Br)cc1N1CCCC(C(C)(C)C)CC1. The zero-order valence-electron chi connectivity index (χ0n) is 13.7. The Morgan fingerprint density at radius 1 is 1.24 bits per heavy atom. The monoisotopic (exact) mass is 353 g/mol. The van der Waals surface area contributed by atoms with Gasteiger partial charge in [-0.25, -0.2) is 0 Å². The summed E-state index contributed by atoms with van der Waals surface area (Å²) in [6.45, 7) is 11.1. The van der Waals surface area contributed by atoms with E-state index in [0.717, 1.165) is 29.0 Å². The molecule has 0 aromatic heterocycles. The Hall–Kier alpha value is -0.540. The Morgan fingerprint density at radius 2 is 1.95 bits per heavy atom. The Bertz CT molecular complexity index is 479. The van der Waals surface area contributed by atoms with Crippen molar-refractivity contribution in [2.45, 2.75) is 53.1 Å². The molecule has 0 aliphatic carbocycles.